The fourth-order valence-electron chi connectivity index (χ4n) is 4.18. The van der Waals surface area contributed by atoms with Gasteiger partial charge < -0.3 is 10.6 Å². The summed E-state index contributed by atoms with van der Waals surface area (Å²) < 4.78 is -0.0794. The Bertz CT molecular complexity index is 555. The van der Waals surface area contributed by atoms with Crippen molar-refractivity contribution in [3.8, 4) is 0 Å². The fraction of sp³-hybridized carbons (Fsp3) is 0.889. The second kappa shape index (κ2) is 5.96. The minimum atomic E-state index is -0.914. The molecule has 0 bridgehead atoms. The van der Waals surface area contributed by atoms with Crippen LogP contribution < -0.4 is 10.6 Å². The third-order valence-corrected chi connectivity index (χ3v) is 7.41. The van der Waals surface area contributed by atoms with E-state index in [1.165, 1.54) is 0 Å². The SMILES string of the molecule is [B]C1(C(=O)NC)CC1C(C)(CC)C(=O)NC1(C)CC1C(C)(S)CC. The van der Waals surface area contributed by atoms with Gasteiger partial charge in [0, 0.05) is 28.1 Å². The number of hydrogen-bond acceptors (Lipinski definition) is 3. The average molecular weight is 350 g/mol. The molecular formula is C18H31BN2O2S. The molecule has 0 aromatic rings. The summed E-state index contributed by atoms with van der Waals surface area (Å²) in [5.41, 5.74) is -0.837. The van der Waals surface area contributed by atoms with Crippen molar-refractivity contribution >= 4 is 32.3 Å². The maximum absolute atomic E-state index is 13.1. The Balaban J connectivity index is 2.10. The highest BCUT2D eigenvalue weighted by Crippen LogP contribution is 2.66. The van der Waals surface area contributed by atoms with Crippen LogP contribution in [0.25, 0.3) is 0 Å². The average Bonchev–Trinajstić information content (AvgIpc) is 3.42. The van der Waals surface area contributed by atoms with Crippen molar-refractivity contribution in [2.75, 3.05) is 7.05 Å². The maximum Gasteiger partial charge on any atom is 0.226 e. The molecule has 2 amide bonds. The fourth-order valence-corrected chi connectivity index (χ4v) is 4.56. The largest absolute Gasteiger partial charge is 0.359 e. The van der Waals surface area contributed by atoms with E-state index >= 15 is 0 Å². The molecule has 2 rings (SSSR count). The number of carbonyl (C=O) groups is 2. The number of carbonyl (C=O) groups excluding carboxylic acids is 2. The normalized spacial score (nSPS) is 39.3. The molecule has 134 valence electrons. The topological polar surface area (TPSA) is 58.2 Å². The molecule has 2 aliphatic rings. The Kier molecular flexibility index (Phi) is 4.89. The third-order valence-electron chi connectivity index (χ3n) is 6.78. The van der Waals surface area contributed by atoms with Gasteiger partial charge in [-0.25, -0.2) is 0 Å². The van der Waals surface area contributed by atoms with Gasteiger partial charge in [0.05, 0.1) is 7.85 Å². The Hall–Kier alpha value is -0.645. The lowest BCUT2D eigenvalue weighted by atomic mass is 9.70. The molecule has 4 nitrogen and oxygen atoms in total. The van der Waals surface area contributed by atoms with E-state index in [-0.39, 0.29) is 28.0 Å². The lowest BCUT2D eigenvalue weighted by molar-refractivity contribution is -0.133. The molecule has 6 atom stereocenters. The molecule has 6 unspecified atom stereocenters. The molecule has 2 saturated carbocycles. The highest BCUT2D eigenvalue weighted by molar-refractivity contribution is 7.81. The molecule has 0 heterocycles. The molecule has 0 saturated heterocycles. The van der Waals surface area contributed by atoms with Crippen molar-refractivity contribution in [1.29, 1.82) is 0 Å². The minimum absolute atomic E-state index is 0.0106. The Morgan fingerprint density at radius 2 is 1.79 bits per heavy atom. The van der Waals surface area contributed by atoms with Gasteiger partial charge in [-0.3, -0.25) is 9.59 Å². The van der Waals surface area contributed by atoms with Crippen molar-refractivity contribution in [3.63, 3.8) is 0 Å². The summed E-state index contributed by atoms with van der Waals surface area (Å²) in [5, 5.41) is 4.96. The van der Waals surface area contributed by atoms with Gasteiger partial charge in [0.15, 0.2) is 0 Å². The van der Waals surface area contributed by atoms with Crippen LogP contribution in [-0.2, 0) is 9.59 Å². The molecule has 6 heteroatoms. The van der Waals surface area contributed by atoms with Gasteiger partial charge >= 0.3 is 0 Å². The standard InChI is InChI=1S/C18H31BN2O2S/c1-7-15(3,11-10-18(11,19)14(23)20-6)13(22)21-16(4)9-12(16)17(5,24)8-2/h11-12,24H,7-10H2,1-6H3,(H,20,23)(H,21,22). The van der Waals surface area contributed by atoms with E-state index in [4.69, 9.17) is 20.5 Å². The first-order valence-electron chi connectivity index (χ1n) is 8.97. The van der Waals surface area contributed by atoms with Gasteiger partial charge in [-0.15, -0.1) is 0 Å². The van der Waals surface area contributed by atoms with E-state index in [1.54, 1.807) is 7.05 Å². The van der Waals surface area contributed by atoms with Crippen molar-refractivity contribution in [2.45, 2.75) is 75.9 Å². The second-order valence-electron chi connectivity index (χ2n) is 8.49. The van der Waals surface area contributed by atoms with E-state index in [1.807, 2.05) is 13.8 Å². The highest BCUT2D eigenvalue weighted by Gasteiger charge is 2.65. The summed E-state index contributed by atoms with van der Waals surface area (Å²) in [4.78, 5) is 25.1. The van der Waals surface area contributed by atoms with Crippen LogP contribution in [0.3, 0.4) is 0 Å². The Morgan fingerprint density at radius 3 is 2.25 bits per heavy atom. The summed E-state index contributed by atoms with van der Waals surface area (Å²) in [6.45, 7) is 10.3. The second-order valence-corrected chi connectivity index (χ2v) is 9.51. The van der Waals surface area contributed by atoms with E-state index in [0.717, 1.165) is 12.8 Å². The van der Waals surface area contributed by atoms with Crippen LogP contribution in [0, 0.1) is 17.3 Å². The zero-order chi connectivity index (χ0) is 18.6. The number of hydrogen-bond donors (Lipinski definition) is 3. The van der Waals surface area contributed by atoms with E-state index in [9.17, 15) is 9.59 Å². The number of amides is 2. The van der Waals surface area contributed by atoms with Gasteiger partial charge in [-0.1, -0.05) is 27.7 Å². The zero-order valence-electron chi connectivity index (χ0n) is 15.8. The van der Waals surface area contributed by atoms with Crippen LogP contribution in [0.5, 0.6) is 0 Å². The van der Waals surface area contributed by atoms with Crippen molar-refractivity contribution in [1.82, 2.24) is 10.6 Å². The summed E-state index contributed by atoms with van der Waals surface area (Å²) >= 11 is 4.77. The number of nitrogens with one attached hydrogen (secondary N) is 2. The summed E-state index contributed by atoms with van der Waals surface area (Å²) in [6.07, 6.45) is 3.12. The lowest BCUT2D eigenvalue weighted by Gasteiger charge is -2.33. The van der Waals surface area contributed by atoms with Crippen LogP contribution in [-0.4, -0.2) is 37.0 Å². The van der Waals surface area contributed by atoms with Gasteiger partial charge in [-0.2, -0.15) is 12.6 Å². The maximum atomic E-state index is 13.1. The summed E-state index contributed by atoms with van der Waals surface area (Å²) in [5.74, 6) is 0.0781. The van der Waals surface area contributed by atoms with Crippen molar-refractivity contribution < 1.29 is 9.59 Å². The smallest absolute Gasteiger partial charge is 0.226 e. The number of thiol groups is 1. The predicted molar refractivity (Wildman–Crippen MR) is 101 cm³/mol. The van der Waals surface area contributed by atoms with E-state index in [0.29, 0.717) is 18.8 Å². The van der Waals surface area contributed by atoms with Crippen LogP contribution in [0.15, 0.2) is 0 Å². The van der Waals surface area contributed by atoms with Crippen molar-refractivity contribution in [3.05, 3.63) is 0 Å². The molecule has 0 aromatic carbocycles. The quantitative estimate of drug-likeness (QED) is 0.488. The minimum Gasteiger partial charge on any atom is -0.359 e. The van der Waals surface area contributed by atoms with E-state index < -0.39 is 10.7 Å². The van der Waals surface area contributed by atoms with Crippen LogP contribution in [0.4, 0.5) is 0 Å². The molecule has 24 heavy (non-hydrogen) atoms. The predicted octanol–water partition coefficient (Wildman–Crippen LogP) is 2.49. The van der Waals surface area contributed by atoms with Crippen molar-refractivity contribution in [2.24, 2.45) is 17.3 Å². The Morgan fingerprint density at radius 1 is 1.21 bits per heavy atom. The molecular weight excluding hydrogens is 319 g/mol. The lowest BCUT2D eigenvalue weighted by Crippen LogP contribution is -2.48. The summed E-state index contributed by atoms with van der Waals surface area (Å²) in [7, 11) is 7.82. The molecule has 2 aliphatic carbocycles. The molecule has 0 spiro atoms. The molecule has 0 aliphatic heterocycles. The van der Waals surface area contributed by atoms with Gasteiger partial charge in [-0.05, 0) is 44.4 Å². The van der Waals surface area contributed by atoms with Crippen LogP contribution in [0.2, 0.25) is 5.31 Å². The molecule has 2 N–H and O–H groups in total. The van der Waals surface area contributed by atoms with Gasteiger partial charge in [0.1, 0.15) is 0 Å². The van der Waals surface area contributed by atoms with Gasteiger partial charge in [0.2, 0.25) is 11.8 Å². The first-order valence-corrected chi connectivity index (χ1v) is 9.42. The van der Waals surface area contributed by atoms with Crippen LogP contribution in [0.1, 0.15) is 60.3 Å². The Labute approximate surface area is 153 Å². The first-order chi connectivity index (χ1) is 10.9. The third kappa shape index (κ3) is 2.99. The molecule has 2 radical (unpaired) electrons. The number of rotatable bonds is 7. The van der Waals surface area contributed by atoms with E-state index in [2.05, 4.69) is 31.4 Å². The van der Waals surface area contributed by atoms with Gasteiger partial charge in [0.25, 0.3) is 0 Å². The summed E-state index contributed by atoms with van der Waals surface area (Å²) in [6, 6.07) is 0. The monoisotopic (exact) mass is 350 g/mol. The van der Waals surface area contributed by atoms with Crippen LogP contribution >= 0.6 is 12.6 Å². The molecule has 0 aromatic heterocycles. The first kappa shape index (κ1) is 19.7. The molecule has 2 fully saturated rings. The highest BCUT2D eigenvalue weighted by atomic mass is 32.1. The zero-order valence-corrected chi connectivity index (χ0v) is 16.7.